The van der Waals surface area contributed by atoms with E-state index in [-0.39, 0.29) is 42.9 Å². The Morgan fingerprint density at radius 2 is 1.17 bits per heavy atom. The zero-order valence-corrected chi connectivity index (χ0v) is 20.8. The van der Waals surface area contributed by atoms with Gasteiger partial charge in [-0.2, -0.15) is 0 Å². The lowest BCUT2D eigenvalue weighted by Crippen LogP contribution is -2.27. The predicted octanol–water partition coefficient (Wildman–Crippen LogP) is 9.52. The third-order valence-corrected chi connectivity index (χ3v) is 7.07. The number of hydrogen-bond donors (Lipinski definition) is 2. The summed E-state index contributed by atoms with van der Waals surface area (Å²) >= 11 is 24.9. The van der Waals surface area contributed by atoms with Gasteiger partial charge in [0.2, 0.25) is 0 Å². The minimum absolute atomic E-state index is 0.0657. The van der Waals surface area contributed by atoms with Crippen LogP contribution < -0.4 is 0 Å². The molecule has 0 aliphatic carbocycles. The number of phenols is 2. The standard InChI is InChI=1S/C24H30Cl4O2/c1-4-5-6-7-8-9-10-17(15-11-18(25)22(29)19(26)12-15)24(2,3)16-13-20(27)23(30)21(28)14-16/h11-14,17,29-30H,4-10H2,1-3H3. The Balaban J connectivity index is 2.39. The SMILES string of the molecule is CCCCCCCCC(c1cc(Cl)c(O)c(Cl)c1)C(C)(C)c1cc(Cl)c(O)c(Cl)c1. The van der Waals surface area contributed by atoms with Gasteiger partial charge in [0.05, 0.1) is 20.1 Å². The molecule has 2 aromatic carbocycles. The Kier molecular flexibility index (Phi) is 9.49. The second-order valence-electron chi connectivity index (χ2n) is 8.45. The van der Waals surface area contributed by atoms with Crippen LogP contribution in [0, 0.1) is 0 Å². The molecule has 30 heavy (non-hydrogen) atoms. The highest BCUT2D eigenvalue weighted by Crippen LogP contribution is 2.47. The van der Waals surface area contributed by atoms with Crippen LogP contribution in [-0.4, -0.2) is 10.2 Å². The Bertz CT molecular complexity index is 818. The zero-order valence-electron chi connectivity index (χ0n) is 17.7. The summed E-state index contributed by atoms with van der Waals surface area (Å²) in [4.78, 5) is 0. The first-order chi connectivity index (χ1) is 14.1. The van der Waals surface area contributed by atoms with E-state index >= 15 is 0 Å². The molecule has 0 fully saturated rings. The number of aromatic hydroxyl groups is 2. The second-order valence-corrected chi connectivity index (χ2v) is 10.1. The lowest BCUT2D eigenvalue weighted by molar-refractivity contribution is 0.374. The minimum Gasteiger partial charge on any atom is -0.505 e. The molecule has 0 heterocycles. The van der Waals surface area contributed by atoms with Crippen molar-refractivity contribution in [2.45, 2.75) is 77.0 Å². The van der Waals surface area contributed by atoms with Gasteiger partial charge in [0.1, 0.15) is 0 Å². The molecular formula is C24H30Cl4O2. The van der Waals surface area contributed by atoms with Gasteiger partial charge in [-0.25, -0.2) is 0 Å². The van der Waals surface area contributed by atoms with Crippen LogP contribution in [0.5, 0.6) is 11.5 Å². The fraction of sp³-hybridized carbons (Fsp3) is 0.500. The zero-order chi connectivity index (χ0) is 22.5. The summed E-state index contributed by atoms with van der Waals surface area (Å²) in [6.07, 6.45) is 8.11. The van der Waals surface area contributed by atoms with E-state index in [0.717, 1.165) is 30.4 Å². The predicted molar refractivity (Wildman–Crippen MR) is 130 cm³/mol. The summed E-state index contributed by atoms with van der Waals surface area (Å²) in [7, 11) is 0. The highest BCUT2D eigenvalue weighted by Gasteiger charge is 2.34. The summed E-state index contributed by atoms with van der Waals surface area (Å²) in [5.41, 5.74) is 1.52. The van der Waals surface area contributed by atoms with E-state index in [2.05, 4.69) is 20.8 Å². The average Bonchev–Trinajstić information content (AvgIpc) is 2.68. The number of halogens is 4. The summed E-state index contributed by atoms with van der Waals surface area (Å²) in [6, 6.07) is 7.10. The highest BCUT2D eigenvalue weighted by atomic mass is 35.5. The van der Waals surface area contributed by atoms with Gasteiger partial charge in [0.15, 0.2) is 11.5 Å². The van der Waals surface area contributed by atoms with Crippen molar-refractivity contribution in [1.29, 1.82) is 0 Å². The van der Waals surface area contributed by atoms with E-state index in [0.29, 0.717) is 0 Å². The second kappa shape index (κ2) is 11.2. The van der Waals surface area contributed by atoms with E-state index in [1.807, 2.05) is 0 Å². The quantitative estimate of drug-likeness (QED) is 0.324. The third kappa shape index (κ3) is 6.13. The molecule has 2 nitrogen and oxygen atoms in total. The molecule has 0 aliphatic rings. The van der Waals surface area contributed by atoms with E-state index in [9.17, 15) is 10.2 Å². The Labute approximate surface area is 200 Å². The Morgan fingerprint density at radius 1 is 0.733 bits per heavy atom. The van der Waals surface area contributed by atoms with Gasteiger partial charge < -0.3 is 10.2 Å². The molecular weight excluding hydrogens is 462 g/mol. The fourth-order valence-corrected chi connectivity index (χ4v) is 4.99. The van der Waals surface area contributed by atoms with Crippen molar-refractivity contribution in [3.8, 4) is 11.5 Å². The average molecular weight is 492 g/mol. The smallest absolute Gasteiger partial charge is 0.152 e. The normalized spacial score (nSPS) is 12.9. The van der Waals surface area contributed by atoms with Crippen molar-refractivity contribution < 1.29 is 10.2 Å². The molecule has 0 bridgehead atoms. The van der Waals surface area contributed by atoms with Crippen LogP contribution in [0.3, 0.4) is 0 Å². The van der Waals surface area contributed by atoms with Crippen molar-refractivity contribution in [1.82, 2.24) is 0 Å². The number of rotatable bonds is 10. The molecule has 0 saturated heterocycles. The molecule has 0 aromatic heterocycles. The van der Waals surface area contributed by atoms with Crippen molar-refractivity contribution >= 4 is 46.4 Å². The van der Waals surface area contributed by atoms with Crippen molar-refractivity contribution in [3.63, 3.8) is 0 Å². The van der Waals surface area contributed by atoms with Gasteiger partial charge >= 0.3 is 0 Å². The van der Waals surface area contributed by atoms with Gasteiger partial charge in [-0.05, 0) is 53.1 Å². The summed E-state index contributed by atoms with van der Waals surface area (Å²) < 4.78 is 0. The van der Waals surface area contributed by atoms with Gasteiger partial charge in [0.25, 0.3) is 0 Å². The number of hydrogen-bond acceptors (Lipinski definition) is 2. The van der Waals surface area contributed by atoms with E-state index in [4.69, 9.17) is 46.4 Å². The van der Waals surface area contributed by atoms with Crippen LogP contribution in [0.15, 0.2) is 24.3 Å². The lowest BCUT2D eigenvalue weighted by Gasteiger charge is -2.36. The van der Waals surface area contributed by atoms with Crippen LogP contribution in [0.2, 0.25) is 20.1 Å². The van der Waals surface area contributed by atoms with Gasteiger partial charge in [-0.15, -0.1) is 0 Å². The van der Waals surface area contributed by atoms with E-state index in [1.54, 1.807) is 24.3 Å². The van der Waals surface area contributed by atoms with Crippen LogP contribution >= 0.6 is 46.4 Å². The van der Waals surface area contributed by atoms with Crippen LogP contribution in [0.4, 0.5) is 0 Å². The Hall–Kier alpha value is -0.800. The summed E-state index contributed by atoms with van der Waals surface area (Å²) in [5, 5.41) is 20.9. The van der Waals surface area contributed by atoms with Gasteiger partial charge in [-0.1, -0.05) is 106 Å². The third-order valence-electron chi connectivity index (χ3n) is 5.92. The molecule has 1 unspecified atom stereocenters. The van der Waals surface area contributed by atoms with E-state index in [1.165, 1.54) is 25.7 Å². The molecule has 0 radical (unpaired) electrons. The first-order valence-corrected chi connectivity index (χ1v) is 12.0. The maximum atomic E-state index is 10.0. The first kappa shape index (κ1) is 25.5. The molecule has 2 aromatic rings. The van der Waals surface area contributed by atoms with Crippen molar-refractivity contribution in [3.05, 3.63) is 55.5 Å². The maximum Gasteiger partial charge on any atom is 0.152 e. The number of unbranched alkanes of at least 4 members (excludes halogenated alkanes) is 5. The molecule has 0 saturated carbocycles. The van der Waals surface area contributed by atoms with Crippen LogP contribution in [0.1, 0.15) is 82.8 Å². The van der Waals surface area contributed by atoms with Crippen molar-refractivity contribution in [2.24, 2.45) is 0 Å². The molecule has 2 N–H and O–H groups in total. The topological polar surface area (TPSA) is 40.5 Å². The summed E-state index contributed by atoms with van der Waals surface area (Å²) in [6.45, 7) is 6.47. The molecule has 6 heteroatoms. The van der Waals surface area contributed by atoms with Crippen molar-refractivity contribution in [2.75, 3.05) is 0 Å². The number of phenolic OH excluding ortho intramolecular Hbond substituents is 2. The van der Waals surface area contributed by atoms with Gasteiger partial charge in [-0.3, -0.25) is 0 Å². The molecule has 166 valence electrons. The van der Waals surface area contributed by atoms with Crippen LogP contribution in [-0.2, 0) is 5.41 Å². The molecule has 2 rings (SSSR count). The van der Waals surface area contributed by atoms with Gasteiger partial charge in [0, 0.05) is 0 Å². The minimum atomic E-state index is -0.367. The lowest BCUT2D eigenvalue weighted by atomic mass is 9.68. The molecule has 0 amide bonds. The molecule has 0 aliphatic heterocycles. The highest BCUT2D eigenvalue weighted by molar-refractivity contribution is 6.37. The monoisotopic (exact) mass is 490 g/mol. The maximum absolute atomic E-state index is 10.0. The fourth-order valence-electron chi connectivity index (χ4n) is 4.00. The van der Waals surface area contributed by atoms with E-state index < -0.39 is 0 Å². The molecule has 1 atom stereocenters. The summed E-state index contributed by atoms with van der Waals surface area (Å²) in [5.74, 6) is -0.147. The van der Waals surface area contributed by atoms with Crippen LogP contribution in [0.25, 0.3) is 0 Å². The first-order valence-electron chi connectivity index (χ1n) is 10.5. The largest absolute Gasteiger partial charge is 0.505 e. The Morgan fingerprint density at radius 3 is 1.67 bits per heavy atom. The number of benzene rings is 2. The molecule has 0 spiro atoms.